The number of nitrogens with zero attached hydrogens (tertiary/aromatic N) is 1. The largest absolute Gasteiger partial charge is 0.302 e. The predicted molar refractivity (Wildman–Crippen MR) is 87.6 cm³/mol. The molecule has 112 valence electrons. The first-order valence-corrected chi connectivity index (χ1v) is 7.79. The van der Waals surface area contributed by atoms with Crippen LogP contribution in [0.2, 0.25) is 0 Å². The Morgan fingerprint density at radius 1 is 1.25 bits per heavy atom. The number of halogens is 2. The topological polar surface area (TPSA) is 15.3 Å². The van der Waals surface area contributed by atoms with Crippen LogP contribution < -0.4 is 5.43 Å². The molecule has 1 aliphatic rings. The van der Waals surface area contributed by atoms with Crippen LogP contribution in [0.1, 0.15) is 47.1 Å². The first-order chi connectivity index (χ1) is 9.30. The minimum absolute atomic E-state index is 0.0567. The van der Waals surface area contributed by atoms with Gasteiger partial charge in [0.1, 0.15) is 5.82 Å². The smallest absolute Gasteiger partial charge is 0.123 e. The third-order valence-electron chi connectivity index (χ3n) is 2.98. The molecule has 2 rings (SSSR count). The van der Waals surface area contributed by atoms with Crippen LogP contribution in [0.15, 0.2) is 28.2 Å². The summed E-state index contributed by atoms with van der Waals surface area (Å²) in [5.74, 6) is -0.214. The molecule has 0 spiro atoms. The van der Waals surface area contributed by atoms with Gasteiger partial charge >= 0.3 is 0 Å². The van der Waals surface area contributed by atoms with Gasteiger partial charge in [0.2, 0.25) is 0 Å². The van der Waals surface area contributed by atoms with Crippen molar-refractivity contribution >= 4 is 21.6 Å². The van der Waals surface area contributed by atoms with Crippen molar-refractivity contribution < 1.29 is 4.39 Å². The maximum absolute atomic E-state index is 13.5. The summed E-state index contributed by atoms with van der Waals surface area (Å²) in [5.41, 5.74) is 6.48. The molecule has 0 aliphatic carbocycles. The van der Waals surface area contributed by atoms with Crippen molar-refractivity contribution in [3.63, 3.8) is 0 Å². The molecule has 1 N–H and O–H groups in total. The molecule has 0 saturated heterocycles. The van der Waals surface area contributed by atoms with Crippen LogP contribution in [0.5, 0.6) is 0 Å². The number of hydrazine groups is 1. The van der Waals surface area contributed by atoms with Crippen molar-refractivity contribution in [2.75, 3.05) is 6.54 Å². The van der Waals surface area contributed by atoms with Gasteiger partial charge in [-0.25, -0.2) is 9.82 Å². The third-order valence-corrected chi connectivity index (χ3v) is 3.68. The normalized spacial score (nSPS) is 15.3. The van der Waals surface area contributed by atoms with Crippen LogP contribution in [0.25, 0.3) is 5.70 Å². The molecule has 0 unspecified atom stereocenters. The van der Waals surface area contributed by atoms with Gasteiger partial charge in [-0.05, 0) is 51.5 Å². The van der Waals surface area contributed by atoms with Gasteiger partial charge in [0.25, 0.3) is 0 Å². The minimum Gasteiger partial charge on any atom is -0.302 e. The molecule has 0 amide bonds. The van der Waals surface area contributed by atoms with Gasteiger partial charge < -0.3 is 5.01 Å². The molecule has 2 nitrogen and oxygen atoms in total. The Morgan fingerprint density at radius 3 is 2.40 bits per heavy atom. The predicted octanol–water partition coefficient (Wildman–Crippen LogP) is 4.96. The summed E-state index contributed by atoms with van der Waals surface area (Å²) < 4.78 is 14.4. The van der Waals surface area contributed by atoms with Gasteiger partial charge in [0.05, 0.1) is 5.70 Å². The van der Waals surface area contributed by atoms with E-state index in [0.717, 1.165) is 22.3 Å². The third kappa shape index (κ3) is 3.61. The van der Waals surface area contributed by atoms with Crippen LogP contribution in [0, 0.1) is 5.82 Å². The Morgan fingerprint density at radius 2 is 1.85 bits per heavy atom. The van der Waals surface area contributed by atoms with Gasteiger partial charge in [0.15, 0.2) is 0 Å². The molecule has 4 heteroatoms. The van der Waals surface area contributed by atoms with E-state index in [2.05, 4.69) is 54.1 Å². The van der Waals surface area contributed by atoms with Crippen molar-refractivity contribution in [3.05, 3.63) is 39.6 Å². The summed E-state index contributed by atoms with van der Waals surface area (Å²) in [4.78, 5) is 0. The summed E-state index contributed by atoms with van der Waals surface area (Å²) in [6.07, 6.45) is 0. The summed E-state index contributed by atoms with van der Waals surface area (Å²) in [6, 6.07) is 4.80. The highest BCUT2D eigenvalue weighted by molar-refractivity contribution is 9.10. The summed E-state index contributed by atoms with van der Waals surface area (Å²) in [5, 5.41) is 2.11. The molecule has 1 aromatic rings. The number of hydrogen-bond acceptors (Lipinski definition) is 2. The Kier molecular flexibility index (Phi) is 5.78. The summed E-state index contributed by atoms with van der Waals surface area (Å²) >= 11 is 3.51. The van der Waals surface area contributed by atoms with Crippen LogP contribution in [0.4, 0.5) is 4.39 Å². The van der Waals surface area contributed by atoms with Gasteiger partial charge in [-0.15, -0.1) is 0 Å². The number of benzene rings is 1. The SMILES string of the molecule is CC.CC1=C(c2cc(F)ccc2Br)N(C(C)(C)C)NC1. The Bertz CT molecular complexity index is 504. The van der Waals surface area contributed by atoms with E-state index in [4.69, 9.17) is 0 Å². The highest BCUT2D eigenvalue weighted by Crippen LogP contribution is 2.35. The lowest BCUT2D eigenvalue weighted by molar-refractivity contribution is 0.171. The number of nitrogens with one attached hydrogen (secondary N) is 1. The zero-order chi connectivity index (χ0) is 15.5. The second-order valence-electron chi connectivity index (χ2n) is 5.59. The lowest BCUT2D eigenvalue weighted by atomic mass is 10.0. The fourth-order valence-electron chi connectivity index (χ4n) is 2.15. The van der Waals surface area contributed by atoms with Gasteiger partial charge in [0, 0.05) is 22.1 Å². The average molecular weight is 343 g/mol. The molecule has 1 heterocycles. The number of hydrogen-bond donors (Lipinski definition) is 1. The van der Waals surface area contributed by atoms with Crippen LogP contribution >= 0.6 is 15.9 Å². The number of rotatable bonds is 1. The van der Waals surface area contributed by atoms with Gasteiger partial charge in [-0.1, -0.05) is 29.8 Å². The maximum Gasteiger partial charge on any atom is 0.123 e. The van der Waals surface area contributed by atoms with Crippen LogP contribution in [0.3, 0.4) is 0 Å². The fourth-order valence-corrected chi connectivity index (χ4v) is 2.59. The van der Waals surface area contributed by atoms with E-state index in [9.17, 15) is 4.39 Å². The van der Waals surface area contributed by atoms with Crippen molar-refractivity contribution in [1.82, 2.24) is 10.4 Å². The molecule has 0 aromatic heterocycles. The zero-order valence-electron chi connectivity index (χ0n) is 13.1. The molecular weight excluding hydrogens is 319 g/mol. The van der Waals surface area contributed by atoms with Crippen molar-refractivity contribution in [2.45, 2.75) is 47.1 Å². The van der Waals surface area contributed by atoms with Crippen molar-refractivity contribution in [1.29, 1.82) is 0 Å². The molecule has 1 aromatic carbocycles. The Labute approximate surface area is 130 Å². The van der Waals surface area contributed by atoms with E-state index in [0.29, 0.717) is 0 Å². The van der Waals surface area contributed by atoms with E-state index >= 15 is 0 Å². The monoisotopic (exact) mass is 342 g/mol. The second-order valence-corrected chi connectivity index (χ2v) is 6.45. The molecule has 1 aliphatic heterocycles. The Balaban J connectivity index is 0.000000956. The molecule has 0 atom stereocenters. The van der Waals surface area contributed by atoms with E-state index < -0.39 is 0 Å². The molecule has 0 bridgehead atoms. The highest BCUT2D eigenvalue weighted by Gasteiger charge is 2.31. The molecule has 0 fully saturated rings. The average Bonchev–Trinajstić information content (AvgIpc) is 2.76. The van der Waals surface area contributed by atoms with Crippen LogP contribution in [-0.2, 0) is 0 Å². The zero-order valence-corrected chi connectivity index (χ0v) is 14.7. The molecular formula is C16H24BrFN2. The summed E-state index contributed by atoms with van der Waals surface area (Å²) in [6.45, 7) is 13.3. The lowest BCUT2D eigenvalue weighted by Crippen LogP contribution is -2.45. The molecule has 0 saturated carbocycles. The van der Waals surface area contributed by atoms with Crippen molar-refractivity contribution in [2.24, 2.45) is 0 Å². The fraction of sp³-hybridized carbons (Fsp3) is 0.500. The van der Waals surface area contributed by atoms with E-state index in [-0.39, 0.29) is 11.4 Å². The van der Waals surface area contributed by atoms with E-state index in [1.54, 1.807) is 12.1 Å². The Hall–Kier alpha value is -0.870. The maximum atomic E-state index is 13.5. The highest BCUT2D eigenvalue weighted by atomic mass is 79.9. The second kappa shape index (κ2) is 6.72. The van der Waals surface area contributed by atoms with E-state index in [1.165, 1.54) is 11.6 Å². The molecule has 0 radical (unpaired) electrons. The van der Waals surface area contributed by atoms with Crippen molar-refractivity contribution in [3.8, 4) is 0 Å². The lowest BCUT2D eigenvalue weighted by Gasteiger charge is -2.36. The minimum atomic E-state index is -0.214. The first kappa shape index (κ1) is 17.2. The summed E-state index contributed by atoms with van der Waals surface area (Å²) in [7, 11) is 0. The van der Waals surface area contributed by atoms with Gasteiger partial charge in [-0.2, -0.15) is 0 Å². The quantitative estimate of drug-likeness (QED) is 0.775. The molecule has 20 heavy (non-hydrogen) atoms. The van der Waals surface area contributed by atoms with E-state index in [1.807, 2.05) is 13.8 Å². The standard InChI is InChI=1S/C14H18BrFN2.C2H6/c1-9-8-17-18(14(2,3)4)13(9)11-7-10(16)5-6-12(11)15;1-2/h5-7,17H,8H2,1-4H3;1-2H3. The van der Waals surface area contributed by atoms with Crippen LogP contribution in [-0.4, -0.2) is 17.1 Å². The first-order valence-electron chi connectivity index (χ1n) is 6.99. The van der Waals surface area contributed by atoms with Gasteiger partial charge in [-0.3, -0.25) is 0 Å².